The number of fused-ring (bicyclic) bond motifs is 1. The van der Waals surface area contributed by atoms with E-state index < -0.39 is 0 Å². The van der Waals surface area contributed by atoms with Crippen molar-refractivity contribution in [3.05, 3.63) is 58.1 Å². The molecular formula is C18H19BrN2OS. The number of halogens is 1. The molecule has 0 aliphatic heterocycles. The highest BCUT2D eigenvalue weighted by molar-refractivity contribution is 9.10. The first-order chi connectivity index (χ1) is 11.2. The molecule has 1 unspecified atom stereocenters. The molecule has 0 amide bonds. The Morgan fingerprint density at radius 3 is 2.74 bits per heavy atom. The lowest BCUT2D eigenvalue weighted by Crippen LogP contribution is -2.34. The fraction of sp³-hybridized carbons (Fsp3) is 0.278. The Morgan fingerprint density at radius 1 is 1.22 bits per heavy atom. The van der Waals surface area contributed by atoms with Gasteiger partial charge in [0.1, 0.15) is 5.75 Å². The summed E-state index contributed by atoms with van der Waals surface area (Å²) in [7, 11) is 1.71. The zero-order chi connectivity index (χ0) is 16.2. The van der Waals surface area contributed by atoms with Gasteiger partial charge in [0, 0.05) is 10.2 Å². The molecule has 2 aromatic carbocycles. The molecule has 3 nitrogen and oxygen atoms in total. The lowest BCUT2D eigenvalue weighted by molar-refractivity contribution is 0.412. The number of ether oxygens (including phenoxy) is 1. The SMILES string of the molecule is COc1ccc2c(c1)CCCC2NC(=S)Nc1ccc(Br)cc1. The molecule has 0 bridgehead atoms. The molecule has 120 valence electrons. The van der Waals surface area contributed by atoms with Gasteiger partial charge in [-0.25, -0.2) is 0 Å². The highest BCUT2D eigenvalue weighted by atomic mass is 79.9. The van der Waals surface area contributed by atoms with E-state index in [0.717, 1.165) is 35.2 Å². The van der Waals surface area contributed by atoms with Crippen LogP contribution in [0.4, 0.5) is 5.69 Å². The van der Waals surface area contributed by atoms with Crippen LogP contribution in [0.25, 0.3) is 0 Å². The Kier molecular flexibility index (Phi) is 5.18. The second kappa shape index (κ2) is 7.32. The van der Waals surface area contributed by atoms with Crippen LogP contribution < -0.4 is 15.4 Å². The van der Waals surface area contributed by atoms with E-state index in [0.29, 0.717) is 5.11 Å². The molecule has 0 fully saturated rings. The standard InChI is InChI=1S/C18H19BrN2OS/c1-22-15-9-10-16-12(11-15)3-2-4-17(16)21-18(23)20-14-7-5-13(19)6-8-14/h5-11,17H,2-4H2,1H3,(H2,20,21,23). The highest BCUT2D eigenvalue weighted by Crippen LogP contribution is 2.32. The van der Waals surface area contributed by atoms with Gasteiger partial charge in [-0.2, -0.15) is 0 Å². The van der Waals surface area contributed by atoms with Crippen LogP contribution in [-0.4, -0.2) is 12.2 Å². The van der Waals surface area contributed by atoms with Crippen molar-refractivity contribution in [2.24, 2.45) is 0 Å². The fourth-order valence-corrected chi connectivity index (χ4v) is 3.45. The number of hydrogen-bond acceptors (Lipinski definition) is 2. The van der Waals surface area contributed by atoms with Gasteiger partial charge in [0.2, 0.25) is 0 Å². The minimum absolute atomic E-state index is 0.250. The summed E-state index contributed by atoms with van der Waals surface area (Å²) in [6.07, 6.45) is 3.33. The highest BCUT2D eigenvalue weighted by Gasteiger charge is 2.21. The van der Waals surface area contributed by atoms with Gasteiger partial charge >= 0.3 is 0 Å². The maximum atomic E-state index is 5.47. The quantitative estimate of drug-likeness (QED) is 0.735. The molecule has 1 aliphatic rings. The third-order valence-corrected chi connectivity index (χ3v) is 4.82. The van der Waals surface area contributed by atoms with E-state index in [2.05, 4.69) is 38.7 Å². The predicted octanol–water partition coefficient (Wildman–Crippen LogP) is 4.82. The fourth-order valence-electron chi connectivity index (χ4n) is 2.93. The first-order valence-electron chi connectivity index (χ1n) is 7.65. The van der Waals surface area contributed by atoms with Crippen LogP contribution in [0.2, 0.25) is 0 Å². The molecule has 1 atom stereocenters. The summed E-state index contributed by atoms with van der Waals surface area (Å²) in [5.41, 5.74) is 3.65. The van der Waals surface area contributed by atoms with Crippen LogP contribution in [0.5, 0.6) is 5.75 Å². The second-order valence-corrected chi connectivity index (χ2v) is 6.94. The predicted molar refractivity (Wildman–Crippen MR) is 102 cm³/mol. The van der Waals surface area contributed by atoms with Gasteiger partial charge in [-0.1, -0.05) is 22.0 Å². The number of rotatable bonds is 3. The summed E-state index contributed by atoms with van der Waals surface area (Å²) in [6, 6.07) is 14.5. The molecule has 0 radical (unpaired) electrons. The second-order valence-electron chi connectivity index (χ2n) is 5.61. The zero-order valence-electron chi connectivity index (χ0n) is 12.9. The summed E-state index contributed by atoms with van der Waals surface area (Å²) < 4.78 is 6.38. The van der Waals surface area contributed by atoms with Crippen LogP contribution in [0, 0.1) is 0 Å². The zero-order valence-corrected chi connectivity index (χ0v) is 15.3. The van der Waals surface area contributed by atoms with Crippen LogP contribution >= 0.6 is 28.1 Å². The molecule has 0 heterocycles. The smallest absolute Gasteiger partial charge is 0.171 e. The van der Waals surface area contributed by atoms with E-state index in [1.165, 1.54) is 11.1 Å². The van der Waals surface area contributed by atoms with Crippen molar-refractivity contribution in [3.63, 3.8) is 0 Å². The summed E-state index contributed by atoms with van der Waals surface area (Å²) in [6.45, 7) is 0. The van der Waals surface area contributed by atoms with Gasteiger partial charge in [0.05, 0.1) is 13.2 Å². The van der Waals surface area contributed by atoms with Gasteiger partial charge in [-0.05, 0) is 79.0 Å². The molecule has 0 spiro atoms. The molecule has 3 rings (SSSR count). The van der Waals surface area contributed by atoms with Crippen molar-refractivity contribution in [1.82, 2.24) is 5.32 Å². The Hall–Kier alpha value is -1.59. The third-order valence-electron chi connectivity index (χ3n) is 4.07. The molecule has 0 saturated heterocycles. The van der Waals surface area contributed by atoms with Gasteiger partial charge < -0.3 is 15.4 Å². The topological polar surface area (TPSA) is 33.3 Å². The lowest BCUT2D eigenvalue weighted by atomic mass is 9.87. The van der Waals surface area contributed by atoms with E-state index in [9.17, 15) is 0 Å². The number of hydrogen-bond donors (Lipinski definition) is 2. The number of aryl methyl sites for hydroxylation is 1. The molecule has 0 aromatic heterocycles. The van der Waals surface area contributed by atoms with Crippen molar-refractivity contribution < 1.29 is 4.74 Å². The number of thiocarbonyl (C=S) groups is 1. The van der Waals surface area contributed by atoms with E-state index in [1.54, 1.807) is 7.11 Å². The Bertz CT molecular complexity index is 703. The summed E-state index contributed by atoms with van der Waals surface area (Å²) in [5.74, 6) is 0.917. The lowest BCUT2D eigenvalue weighted by Gasteiger charge is -2.28. The summed E-state index contributed by atoms with van der Waals surface area (Å²) in [4.78, 5) is 0. The molecule has 23 heavy (non-hydrogen) atoms. The molecule has 2 N–H and O–H groups in total. The minimum atomic E-state index is 0.250. The van der Waals surface area contributed by atoms with Gasteiger partial charge in [0.25, 0.3) is 0 Å². The van der Waals surface area contributed by atoms with E-state index in [1.807, 2.05) is 30.3 Å². The molecule has 5 heteroatoms. The number of methoxy groups -OCH3 is 1. The van der Waals surface area contributed by atoms with Crippen molar-refractivity contribution in [3.8, 4) is 5.75 Å². The average Bonchev–Trinajstić information content (AvgIpc) is 2.56. The Morgan fingerprint density at radius 2 is 2.00 bits per heavy atom. The summed E-state index contributed by atoms with van der Waals surface area (Å²) in [5, 5.41) is 7.34. The minimum Gasteiger partial charge on any atom is -0.497 e. The van der Waals surface area contributed by atoms with Crippen molar-refractivity contribution in [1.29, 1.82) is 0 Å². The van der Waals surface area contributed by atoms with E-state index >= 15 is 0 Å². The normalized spacial score (nSPS) is 16.3. The maximum absolute atomic E-state index is 5.47. The average molecular weight is 391 g/mol. The first-order valence-corrected chi connectivity index (χ1v) is 8.86. The molecule has 0 saturated carbocycles. The van der Waals surface area contributed by atoms with E-state index in [-0.39, 0.29) is 6.04 Å². The van der Waals surface area contributed by atoms with Crippen LogP contribution in [0.15, 0.2) is 46.9 Å². The summed E-state index contributed by atoms with van der Waals surface area (Å²) >= 11 is 8.90. The van der Waals surface area contributed by atoms with Crippen molar-refractivity contribution in [2.75, 3.05) is 12.4 Å². The maximum Gasteiger partial charge on any atom is 0.171 e. The third kappa shape index (κ3) is 4.03. The van der Waals surface area contributed by atoms with Gasteiger partial charge in [-0.3, -0.25) is 0 Å². The Labute approximate surface area is 150 Å². The van der Waals surface area contributed by atoms with Crippen molar-refractivity contribution >= 4 is 38.9 Å². The number of anilines is 1. The number of benzene rings is 2. The van der Waals surface area contributed by atoms with Crippen LogP contribution in [0.1, 0.15) is 30.0 Å². The van der Waals surface area contributed by atoms with Crippen LogP contribution in [-0.2, 0) is 6.42 Å². The molecule has 1 aliphatic carbocycles. The van der Waals surface area contributed by atoms with Gasteiger partial charge in [0.15, 0.2) is 5.11 Å². The van der Waals surface area contributed by atoms with Gasteiger partial charge in [-0.15, -0.1) is 0 Å². The van der Waals surface area contributed by atoms with Crippen molar-refractivity contribution in [2.45, 2.75) is 25.3 Å². The van der Waals surface area contributed by atoms with E-state index in [4.69, 9.17) is 17.0 Å². The monoisotopic (exact) mass is 390 g/mol. The molecular weight excluding hydrogens is 372 g/mol. The Balaban J connectivity index is 1.69. The molecule has 2 aromatic rings. The largest absolute Gasteiger partial charge is 0.497 e. The van der Waals surface area contributed by atoms with Crippen LogP contribution in [0.3, 0.4) is 0 Å². The number of nitrogens with one attached hydrogen (secondary N) is 2. The first kappa shape index (κ1) is 16.3.